The fraction of sp³-hybridized carbons (Fsp3) is 0.182. The minimum atomic E-state index is -4.06. The summed E-state index contributed by atoms with van der Waals surface area (Å²) in [6.07, 6.45) is 0. The highest BCUT2D eigenvalue weighted by molar-refractivity contribution is 7.91. The van der Waals surface area contributed by atoms with Crippen LogP contribution in [0.4, 0.5) is 10.3 Å². The standard InChI is InChI=1S/C22H18FN3O4S3/c23-15-5-7-16(8-6-15)33(28,29)20-22(30-19(24-20)17-3-1-13-31-17)26-11-9-25(10-12-26)21(27)18-4-2-14-32-18/h1-8,13-14H,9-12H2. The number of rotatable bonds is 5. The van der Waals surface area contributed by atoms with Gasteiger partial charge in [-0.2, -0.15) is 4.98 Å². The minimum absolute atomic E-state index is 0.0411. The van der Waals surface area contributed by atoms with E-state index in [0.29, 0.717) is 35.9 Å². The predicted molar refractivity (Wildman–Crippen MR) is 124 cm³/mol. The van der Waals surface area contributed by atoms with E-state index in [1.165, 1.54) is 34.8 Å². The van der Waals surface area contributed by atoms with Crippen LogP contribution in [-0.4, -0.2) is 50.4 Å². The molecule has 1 aliphatic rings. The number of hydrogen-bond donors (Lipinski definition) is 0. The van der Waals surface area contributed by atoms with E-state index < -0.39 is 15.7 Å². The molecule has 0 radical (unpaired) electrons. The van der Waals surface area contributed by atoms with Crippen molar-refractivity contribution in [3.05, 3.63) is 70.0 Å². The molecule has 7 nitrogen and oxygen atoms in total. The zero-order chi connectivity index (χ0) is 23.0. The Morgan fingerprint density at radius 2 is 1.67 bits per heavy atom. The molecule has 4 aromatic rings. The zero-order valence-corrected chi connectivity index (χ0v) is 19.6. The molecule has 11 heteroatoms. The number of amides is 1. The van der Waals surface area contributed by atoms with E-state index in [1.807, 2.05) is 22.9 Å². The van der Waals surface area contributed by atoms with Crippen molar-refractivity contribution in [3.63, 3.8) is 0 Å². The van der Waals surface area contributed by atoms with Crippen LogP contribution >= 0.6 is 22.7 Å². The molecule has 0 aliphatic carbocycles. The maximum absolute atomic E-state index is 13.4. The van der Waals surface area contributed by atoms with E-state index in [-0.39, 0.29) is 27.6 Å². The summed E-state index contributed by atoms with van der Waals surface area (Å²) < 4.78 is 46.1. The predicted octanol–water partition coefficient (Wildman–Crippen LogP) is 4.40. The first-order valence-corrected chi connectivity index (χ1v) is 13.3. The number of oxazole rings is 1. The van der Waals surface area contributed by atoms with Crippen LogP contribution in [0, 0.1) is 5.82 Å². The fourth-order valence-electron chi connectivity index (χ4n) is 3.57. The van der Waals surface area contributed by atoms with Gasteiger partial charge in [0.1, 0.15) is 5.82 Å². The van der Waals surface area contributed by atoms with Gasteiger partial charge in [0.25, 0.3) is 5.91 Å². The number of thiophene rings is 2. The summed E-state index contributed by atoms with van der Waals surface area (Å²) in [6.45, 7) is 1.62. The molecule has 0 unspecified atom stereocenters. The lowest BCUT2D eigenvalue weighted by Crippen LogP contribution is -2.48. The Kier molecular flexibility index (Phi) is 5.77. The summed E-state index contributed by atoms with van der Waals surface area (Å²) in [6, 6.07) is 11.9. The maximum atomic E-state index is 13.4. The second-order valence-electron chi connectivity index (χ2n) is 7.32. The lowest BCUT2D eigenvalue weighted by atomic mass is 10.3. The molecule has 4 heterocycles. The van der Waals surface area contributed by atoms with Crippen molar-refractivity contribution < 1.29 is 22.0 Å². The first kappa shape index (κ1) is 21.8. The van der Waals surface area contributed by atoms with Crippen LogP contribution in [0.2, 0.25) is 0 Å². The molecule has 1 fully saturated rings. The highest BCUT2D eigenvalue weighted by atomic mass is 32.2. The highest BCUT2D eigenvalue weighted by Gasteiger charge is 2.34. The van der Waals surface area contributed by atoms with Crippen molar-refractivity contribution in [1.29, 1.82) is 0 Å². The highest BCUT2D eigenvalue weighted by Crippen LogP contribution is 2.36. The number of benzene rings is 1. The van der Waals surface area contributed by atoms with Gasteiger partial charge in [0.2, 0.25) is 26.6 Å². The average Bonchev–Trinajstić information content (AvgIpc) is 3.60. The molecule has 0 N–H and O–H groups in total. The number of hydrogen-bond acceptors (Lipinski definition) is 8. The molecule has 0 saturated carbocycles. The summed E-state index contributed by atoms with van der Waals surface area (Å²) in [4.78, 5) is 21.8. The summed E-state index contributed by atoms with van der Waals surface area (Å²) in [5, 5.41) is 3.49. The Bertz CT molecular complexity index is 1360. The summed E-state index contributed by atoms with van der Waals surface area (Å²) in [5.74, 6) is -0.232. The van der Waals surface area contributed by atoms with Crippen LogP contribution in [0.5, 0.6) is 0 Å². The fourth-order valence-corrected chi connectivity index (χ4v) is 6.23. The minimum Gasteiger partial charge on any atom is -0.418 e. The van der Waals surface area contributed by atoms with E-state index in [1.54, 1.807) is 21.9 Å². The molecule has 33 heavy (non-hydrogen) atoms. The van der Waals surface area contributed by atoms with E-state index in [9.17, 15) is 17.6 Å². The number of carbonyl (C=O) groups excluding carboxylic acids is 1. The van der Waals surface area contributed by atoms with Gasteiger partial charge in [0, 0.05) is 26.2 Å². The number of anilines is 1. The number of piperazine rings is 1. The molecule has 0 atom stereocenters. The van der Waals surface area contributed by atoms with E-state index in [0.717, 1.165) is 12.1 Å². The van der Waals surface area contributed by atoms with Gasteiger partial charge in [-0.3, -0.25) is 4.79 Å². The normalized spacial score (nSPS) is 14.6. The molecule has 1 amide bonds. The third-order valence-electron chi connectivity index (χ3n) is 5.28. The number of nitrogens with zero attached hydrogens (tertiary/aromatic N) is 3. The van der Waals surface area contributed by atoms with Gasteiger partial charge in [-0.05, 0) is 47.2 Å². The third-order valence-corrected chi connectivity index (χ3v) is 8.66. The number of halogens is 1. The smallest absolute Gasteiger partial charge is 0.264 e. The van der Waals surface area contributed by atoms with Gasteiger partial charge < -0.3 is 14.2 Å². The molecule has 0 bridgehead atoms. The molecule has 0 spiro atoms. The van der Waals surface area contributed by atoms with Crippen molar-refractivity contribution in [3.8, 4) is 10.8 Å². The number of carbonyl (C=O) groups is 1. The van der Waals surface area contributed by atoms with E-state index in [2.05, 4.69) is 4.98 Å². The van der Waals surface area contributed by atoms with E-state index >= 15 is 0 Å². The lowest BCUT2D eigenvalue weighted by molar-refractivity contribution is 0.0750. The largest absolute Gasteiger partial charge is 0.418 e. The van der Waals surface area contributed by atoms with Crippen molar-refractivity contribution in [2.45, 2.75) is 9.92 Å². The molecule has 5 rings (SSSR count). The van der Waals surface area contributed by atoms with Gasteiger partial charge in [0.15, 0.2) is 0 Å². The van der Waals surface area contributed by atoms with Gasteiger partial charge in [-0.15, -0.1) is 22.7 Å². The average molecular weight is 504 g/mol. The molecule has 1 aliphatic heterocycles. The lowest BCUT2D eigenvalue weighted by Gasteiger charge is -2.34. The Morgan fingerprint density at radius 1 is 0.970 bits per heavy atom. The molecular weight excluding hydrogens is 485 g/mol. The molecule has 3 aromatic heterocycles. The van der Waals surface area contributed by atoms with Crippen LogP contribution in [0.3, 0.4) is 0 Å². The van der Waals surface area contributed by atoms with Crippen molar-refractivity contribution in [2.75, 3.05) is 31.1 Å². The third kappa shape index (κ3) is 4.19. The van der Waals surface area contributed by atoms with Gasteiger partial charge in [-0.1, -0.05) is 12.1 Å². The Hall–Kier alpha value is -3.02. The van der Waals surface area contributed by atoms with Gasteiger partial charge in [0.05, 0.1) is 14.6 Å². The molecule has 1 aromatic carbocycles. The van der Waals surface area contributed by atoms with Crippen molar-refractivity contribution >= 4 is 44.3 Å². The van der Waals surface area contributed by atoms with Crippen LogP contribution in [0.25, 0.3) is 10.8 Å². The first-order valence-electron chi connectivity index (χ1n) is 10.1. The Morgan fingerprint density at radius 3 is 2.30 bits per heavy atom. The second-order valence-corrected chi connectivity index (χ2v) is 11.1. The quantitative estimate of drug-likeness (QED) is 0.376. The molecular formula is C22H18FN3O4S3. The van der Waals surface area contributed by atoms with Gasteiger partial charge in [-0.25, -0.2) is 12.8 Å². The molecule has 1 saturated heterocycles. The van der Waals surface area contributed by atoms with Crippen LogP contribution in [0.15, 0.2) is 73.6 Å². The van der Waals surface area contributed by atoms with Crippen LogP contribution in [0.1, 0.15) is 9.67 Å². The van der Waals surface area contributed by atoms with Gasteiger partial charge >= 0.3 is 0 Å². The summed E-state index contributed by atoms with van der Waals surface area (Å²) in [5.41, 5.74) is 0. The Labute approximate surface area is 197 Å². The van der Waals surface area contributed by atoms with Crippen molar-refractivity contribution in [2.24, 2.45) is 0 Å². The Balaban J connectivity index is 1.47. The summed E-state index contributed by atoms with van der Waals surface area (Å²) >= 11 is 2.77. The second kappa shape index (κ2) is 8.73. The zero-order valence-electron chi connectivity index (χ0n) is 17.2. The van der Waals surface area contributed by atoms with Crippen LogP contribution in [-0.2, 0) is 9.84 Å². The van der Waals surface area contributed by atoms with Crippen molar-refractivity contribution in [1.82, 2.24) is 9.88 Å². The SMILES string of the molecule is O=C(c1cccs1)N1CCN(c2oc(-c3cccs3)nc2S(=O)(=O)c2ccc(F)cc2)CC1. The molecule has 170 valence electrons. The number of aromatic nitrogens is 1. The monoisotopic (exact) mass is 503 g/mol. The topological polar surface area (TPSA) is 83.7 Å². The number of sulfone groups is 1. The van der Waals surface area contributed by atoms with E-state index in [4.69, 9.17) is 4.42 Å². The first-order chi connectivity index (χ1) is 15.9. The maximum Gasteiger partial charge on any atom is 0.264 e. The van der Waals surface area contributed by atoms with Crippen LogP contribution < -0.4 is 4.90 Å². The summed E-state index contributed by atoms with van der Waals surface area (Å²) in [7, 11) is -4.06.